The molecule has 7 heteroatoms. The van der Waals surface area contributed by atoms with Gasteiger partial charge >= 0.3 is 0 Å². The summed E-state index contributed by atoms with van der Waals surface area (Å²) >= 11 is 0. The lowest BCUT2D eigenvalue weighted by atomic mass is 9.88. The average Bonchev–Trinajstić information content (AvgIpc) is 3.08. The zero-order valence-electron chi connectivity index (χ0n) is 25.0. The molecule has 0 fully saturated rings. The lowest BCUT2D eigenvalue weighted by Gasteiger charge is -2.26. The number of rotatable bonds is 14. The molecule has 0 aromatic heterocycles. The Labute approximate surface area is 260 Å². The van der Waals surface area contributed by atoms with E-state index in [2.05, 4.69) is 24.3 Å². The minimum absolute atomic E-state index is 0.0225. The summed E-state index contributed by atoms with van der Waals surface area (Å²) in [7, 11) is -0.707. The van der Waals surface area contributed by atoms with Gasteiger partial charge in [-0.1, -0.05) is 97.1 Å². The van der Waals surface area contributed by atoms with Crippen molar-refractivity contribution < 1.29 is 22.6 Å². The molecule has 5 aromatic rings. The van der Waals surface area contributed by atoms with E-state index in [0.717, 1.165) is 22.3 Å². The maximum Gasteiger partial charge on any atom is 0.243 e. The summed E-state index contributed by atoms with van der Waals surface area (Å²) in [6, 6.07) is 42.5. The average molecular weight is 608 g/mol. The van der Waals surface area contributed by atoms with Gasteiger partial charge in [0.25, 0.3) is 0 Å². The maximum atomic E-state index is 14.1. The van der Waals surface area contributed by atoms with Crippen LogP contribution < -0.4 is 14.2 Å². The molecule has 5 aromatic carbocycles. The number of hydrogen-bond acceptors (Lipinski definition) is 5. The zero-order valence-corrected chi connectivity index (χ0v) is 25.8. The first-order chi connectivity index (χ1) is 21.5. The Morgan fingerprint density at radius 3 is 1.80 bits per heavy atom. The lowest BCUT2D eigenvalue weighted by molar-refractivity contribution is 0.284. The summed E-state index contributed by atoms with van der Waals surface area (Å²) in [5.41, 5.74) is 4.12. The zero-order chi connectivity index (χ0) is 30.8. The fraction of sp³-hybridized carbons (Fsp3) is 0.189. The molecule has 0 saturated carbocycles. The molecule has 0 unspecified atom stereocenters. The molecule has 0 aliphatic heterocycles. The summed E-state index contributed by atoms with van der Waals surface area (Å²) in [6.45, 7) is 0.867. The van der Waals surface area contributed by atoms with Crippen LogP contribution in [-0.2, 0) is 23.2 Å². The third kappa shape index (κ3) is 7.67. The van der Waals surface area contributed by atoms with Crippen LogP contribution in [0.5, 0.6) is 17.2 Å². The number of methoxy groups -OCH3 is 2. The quantitative estimate of drug-likeness (QED) is 0.129. The number of hydrogen-bond donors (Lipinski definition) is 0. The van der Waals surface area contributed by atoms with Crippen LogP contribution in [-0.4, -0.2) is 33.5 Å². The van der Waals surface area contributed by atoms with Crippen molar-refractivity contribution in [2.45, 2.75) is 30.4 Å². The highest BCUT2D eigenvalue weighted by atomic mass is 32.2. The molecular weight excluding hydrogens is 570 g/mol. The van der Waals surface area contributed by atoms with Crippen molar-refractivity contribution in [3.8, 4) is 17.2 Å². The standard InChI is InChI=1S/C37H37NO5S/c1-41-33-19-21-34(22-20-33)44(39,40)38(25-24-35(31-14-8-4-9-15-31)32-16-10-5-11-17-32)27-30-18-23-36(37(26-30)42-2)43-28-29-12-6-3-7-13-29/h3-23,26,35H,24-25,27-28H2,1-2H3. The van der Waals surface area contributed by atoms with Crippen LogP contribution in [0, 0.1) is 0 Å². The molecule has 0 aliphatic rings. The van der Waals surface area contributed by atoms with Crippen molar-refractivity contribution in [1.29, 1.82) is 0 Å². The summed E-state index contributed by atoms with van der Waals surface area (Å²) < 4.78 is 46.8. The van der Waals surface area contributed by atoms with Gasteiger partial charge in [-0.05, 0) is 65.1 Å². The number of ether oxygens (including phenoxy) is 3. The first-order valence-electron chi connectivity index (χ1n) is 14.6. The van der Waals surface area contributed by atoms with Gasteiger partial charge in [0.1, 0.15) is 12.4 Å². The second kappa shape index (κ2) is 14.7. The fourth-order valence-electron chi connectivity index (χ4n) is 5.22. The Hall–Kier alpha value is -4.59. The Morgan fingerprint density at radius 1 is 0.636 bits per heavy atom. The summed E-state index contributed by atoms with van der Waals surface area (Å²) in [4.78, 5) is 0.212. The molecule has 0 aliphatic carbocycles. The Bertz CT molecular complexity index is 1670. The first kappa shape index (κ1) is 30.9. The molecule has 6 nitrogen and oxygen atoms in total. The van der Waals surface area contributed by atoms with E-state index in [9.17, 15) is 8.42 Å². The van der Waals surface area contributed by atoms with Crippen molar-refractivity contribution in [2.24, 2.45) is 0 Å². The second-order valence-electron chi connectivity index (χ2n) is 10.4. The Morgan fingerprint density at radius 2 is 1.23 bits per heavy atom. The monoisotopic (exact) mass is 607 g/mol. The summed E-state index contributed by atoms with van der Waals surface area (Å²) in [5, 5.41) is 0. The highest BCUT2D eigenvalue weighted by Gasteiger charge is 2.27. The van der Waals surface area contributed by atoms with Gasteiger partial charge in [-0.15, -0.1) is 0 Å². The SMILES string of the molecule is COc1ccc(S(=O)(=O)N(CCC(c2ccccc2)c2ccccc2)Cc2ccc(OCc3ccccc3)c(OC)c2)cc1. The van der Waals surface area contributed by atoms with E-state index in [1.54, 1.807) is 42.8 Å². The van der Waals surface area contributed by atoms with Gasteiger partial charge in [0.05, 0.1) is 19.1 Å². The van der Waals surface area contributed by atoms with Gasteiger partial charge in [-0.25, -0.2) is 8.42 Å². The van der Waals surface area contributed by atoms with E-state index < -0.39 is 10.0 Å². The van der Waals surface area contributed by atoms with Crippen LogP contribution >= 0.6 is 0 Å². The minimum Gasteiger partial charge on any atom is -0.497 e. The van der Waals surface area contributed by atoms with Gasteiger partial charge in [0.2, 0.25) is 10.0 Å². The topological polar surface area (TPSA) is 65.1 Å². The minimum atomic E-state index is -3.85. The molecular formula is C37H37NO5S. The van der Waals surface area contributed by atoms with Crippen molar-refractivity contribution >= 4 is 10.0 Å². The van der Waals surface area contributed by atoms with Gasteiger partial charge in [-0.3, -0.25) is 0 Å². The highest BCUT2D eigenvalue weighted by molar-refractivity contribution is 7.89. The van der Waals surface area contributed by atoms with Crippen LogP contribution in [0.25, 0.3) is 0 Å². The first-order valence-corrected chi connectivity index (χ1v) is 16.0. The molecule has 0 radical (unpaired) electrons. The predicted octanol–water partition coefficient (Wildman–Crippen LogP) is 7.70. The van der Waals surface area contributed by atoms with E-state index in [1.807, 2.05) is 84.9 Å². The fourth-order valence-corrected chi connectivity index (χ4v) is 6.66. The number of nitrogens with zero attached hydrogens (tertiary/aromatic N) is 1. The predicted molar refractivity (Wildman–Crippen MR) is 174 cm³/mol. The highest BCUT2D eigenvalue weighted by Crippen LogP contribution is 2.32. The third-order valence-electron chi connectivity index (χ3n) is 7.59. The van der Waals surface area contributed by atoms with Crippen LogP contribution in [0.1, 0.15) is 34.6 Å². The maximum absolute atomic E-state index is 14.1. The normalized spacial score (nSPS) is 11.5. The largest absolute Gasteiger partial charge is 0.497 e. The van der Waals surface area contributed by atoms with Crippen LogP contribution in [0.2, 0.25) is 0 Å². The van der Waals surface area contributed by atoms with Crippen molar-refractivity contribution in [1.82, 2.24) is 4.31 Å². The van der Waals surface area contributed by atoms with E-state index in [4.69, 9.17) is 14.2 Å². The molecule has 0 atom stereocenters. The Balaban J connectivity index is 1.43. The Kier molecular flexibility index (Phi) is 10.3. The molecule has 0 saturated heterocycles. The van der Waals surface area contributed by atoms with Crippen LogP contribution in [0.15, 0.2) is 138 Å². The number of benzene rings is 5. The van der Waals surface area contributed by atoms with Crippen molar-refractivity contribution in [2.75, 3.05) is 20.8 Å². The van der Waals surface area contributed by atoms with E-state index in [-0.39, 0.29) is 17.4 Å². The van der Waals surface area contributed by atoms with Crippen LogP contribution in [0.4, 0.5) is 0 Å². The van der Waals surface area contributed by atoms with Gasteiger partial charge in [0.15, 0.2) is 11.5 Å². The van der Waals surface area contributed by atoms with Gasteiger partial charge < -0.3 is 14.2 Å². The number of sulfonamides is 1. The molecule has 5 rings (SSSR count). The lowest BCUT2D eigenvalue weighted by Crippen LogP contribution is -2.32. The molecule has 0 bridgehead atoms. The van der Waals surface area contributed by atoms with E-state index >= 15 is 0 Å². The molecule has 44 heavy (non-hydrogen) atoms. The summed E-state index contributed by atoms with van der Waals surface area (Å²) in [5.74, 6) is 1.76. The van der Waals surface area contributed by atoms with E-state index in [0.29, 0.717) is 36.8 Å². The van der Waals surface area contributed by atoms with Crippen LogP contribution in [0.3, 0.4) is 0 Å². The van der Waals surface area contributed by atoms with Gasteiger partial charge in [0, 0.05) is 19.0 Å². The molecule has 0 N–H and O–H groups in total. The summed E-state index contributed by atoms with van der Waals surface area (Å²) in [6.07, 6.45) is 0.596. The van der Waals surface area contributed by atoms with E-state index in [1.165, 1.54) is 0 Å². The second-order valence-corrected chi connectivity index (χ2v) is 12.4. The molecule has 0 spiro atoms. The third-order valence-corrected chi connectivity index (χ3v) is 9.45. The molecule has 226 valence electrons. The molecule has 0 heterocycles. The molecule has 0 amide bonds. The smallest absolute Gasteiger partial charge is 0.243 e. The van der Waals surface area contributed by atoms with Gasteiger partial charge in [-0.2, -0.15) is 4.31 Å². The van der Waals surface area contributed by atoms with Crippen molar-refractivity contribution in [3.63, 3.8) is 0 Å². The van der Waals surface area contributed by atoms with Crippen molar-refractivity contribution in [3.05, 3.63) is 156 Å².